The maximum absolute atomic E-state index is 14.6. The van der Waals surface area contributed by atoms with Crippen LogP contribution >= 0.6 is 0 Å². The molecule has 4 amide bonds. The average molecular weight is 875 g/mol. The summed E-state index contributed by atoms with van der Waals surface area (Å²) >= 11 is 0. The minimum absolute atomic E-state index is 0.0368. The van der Waals surface area contributed by atoms with Crippen LogP contribution in [0.5, 0.6) is 5.75 Å². The maximum Gasteiger partial charge on any atom is 0.407 e. The molecule has 8 atom stereocenters. The van der Waals surface area contributed by atoms with Gasteiger partial charge in [0.25, 0.3) is 0 Å². The molecule has 9 rings (SSSR count). The molecule has 3 aromatic carbocycles. The summed E-state index contributed by atoms with van der Waals surface area (Å²) in [4.78, 5) is 73.1. The number of hydrogen-bond acceptors (Lipinski definition) is 9. The summed E-state index contributed by atoms with van der Waals surface area (Å²) in [6.07, 6.45) is 4.21. The van der Waals surface area contributed by atoms with Crippen LogP contribution in [0.4, 0.5) is 9.59 Å². The van der Waals surface area contributed by atoms with Gasteiger partial charge in [0.1, 0.15) is 36.1 Å². The highest BCUT2D eigenvalue weighted by atomic mass is 16.5. The van der Waals surface area contributed by atoms with Gasteiger partial charge < -0.3 is 49.7 Å². The molecular formula is C48H58N8O8. The Hall–Kier alpha value is -6.16. The summed E-state index contributed by atoms with van der Waals surface area (Å²) in [6, 6.07) is 12.3. The lowest BCUT2D eigenvalue weighted by molar-refractivity contribution is -0.140. The van der Waals surface area contributed by atoms with E-state index in [9.17, 15) is 24.3 Å². The van der Waals surface area contributed by atoms with Crippen molar-refractivity contribution in [2.24, 2.45) is 11.8 Å². The molecule has 3 saturated heterocycles. The van der Waals surface area contributed by atoms with Gasteiger partial charge in [-0.3, -0.25) is 9.59 Å². The zero-order valence-corrected chi connectivity index (χ0v) is 37.4. The first-order valence-electron chi connectivity index (χ1n) is 22.6. The van der Waals surface area contributed by atoms with Crippen LogP contribution in [0.2, 0.25) is 0 Å². The van der Waals surface area contributed by atoms with E-state index in [4.69, 9.17) is 24.2 Å². The summed E-state index contributed by atoms with van der Waals surface area (Å²) in [5, 5.41) is 16.7. The lowest BCUT2D eigenvalue weighted by Gasteiger charge is -2.39. The highest BCUT2D eigenvalue weighted by Crippen LogP contribution is 2.44. The molecule has 5 aromatic rings. The molecule has 0 saturated carbocycles. The standard InChI is InChI=1S/C48H58N8O8/c1-23(2)40(53-47(59)60)45(57)55-24(3)8-14-37(55)43-49-21-36(51-43)29-10-12-32-31(18-29)22-63-39-20-33-28(19-34(32)39)11-13-35-42(33)52-44(50-35)38-15-9-25(4)56(38)46(58)41(54-48(61)62-7)30-16-26(5)64-27(6)17-30/h10-13,18-21,23-27,30,37-38,40-41,53H,8-9,14-17,22H2,1-7H3,(H,49,51)(H,50,52)(H,54,61)(H,59,60)/t24-,25-,26+,27+,37-,38-,40-,41-/m0/s1. The van der Waals surface area contributed by atoms with Crippen molar-refractivity contribution in [3.05, 3.63) is 65.9 Å². The number of imidazole rings is 2. The number of carboxylic acid groups (broad SMARTS) is 1. The Kier molecular flexibility index (Phi) is 11.5. The molecule has 0 bridgehead atoms. The van der Waals surface area contributed by atoms with Gasteiger partial charge in [-0.15, -0.1) is 0 Å². The number of carbonyl (C=O) groups excluding carboxylic acids is 3. The second-order valence-corrected chi connectivity index (χ2v) is 18.6. The predicted molar refractivity (Wildman–Crippen MR) is 239 cm³/mol. The van der Waals surface area contributed by atoms with Gasteiger partial charge in [-0.2, -0.15) is 0 Å². The summed E-state index contributed by atoms with van der Waals surface area (Å²) < 4.78 is 17.4. The number of hydrogen-bond donors (Lipinski definition) is 5. The van der Waals surface area contributed by atoms with Crippen LogP contribution in [0.25, 0.3) is 44.2 Å². The molecule has 16 heteroatoms. The van der Waals surface area contributed by atoms with Crippen molar-refractivity contribution in [2.45, 2.75) is 135 Å². The summed E-state index contributed by atoms with van der Waals surface area (Å²) in [5.74, 6) is 1.44. The molecule has 0 spiro atoms. The number of carbonyl (C=O) groups is 4. The Bertz CT molecular complexity index is 2610. The van der Waals surface area contributed by atoms with Gasteiger partial charge >= 0.3 is 12.2 Å². The summed E-state index contributed by atoms with van der Waals surface area (Å²) in [7, 11) is 1.31. The Morgan fingerprint density at radius 1 is 0.844 bits per heavy atom. The minimum Gasteiger partial charge on any atom is -0.488 e. The molecule has 16 nitrogen and oxygen atoms in total. The fraction of sp³-hybridized carbons (Fsp3) is 0.500. The van der Waals surface area contributed by atoms with Gasteiger partial charge in [0.2, 0.25) is 11.8 Å². The fourth-order valence-corrected chi connectivity index (χ4v) is 10.8. The number of nitrogens with zero attached hydrogens (tertiary/aromatic N) is 4. The van der Waals surface area contributed by atoms with E-state index in [-0.39, 0.29) is 60.0 Å². The Morgan fingerprint density at radius 3 is 2.23 bits per heavy atom. The van der Waals surface area contributed by atoms with Gasteiger partial charge in [-0.1, -0.05) is 32.0 Å². The first kappa shape index (κ1) is 43.1. The van der Waals surface area contributed by atoms with Crippen LogP contribution in [-0.4, -0.2) is 102 Å². The zero-order valence-electron chi connectivity index (χ0n) is 37.4. The first-order valence-corrected chi connectivity index (χ1v) is 22.6. The Morgan fingerprint density at radius 2 is 1.55 bits per heavy atom. The van der Waals surface area contributed by atoms with Crippen LogP contribution in [0.15, 0.2) is 48.7 Å². The number of benzene rings is 3. The van der Waals surface area contributed by atoms with E-state index in [1.807, 2.05) is 45.6 Å². The van der Waals surface area contributed by atoms with Crippen molar-refractivity contribution in [1.29, 1.82) is 0 Å². The second kappa shape index (κ2) is 17.1. The number of alkyl carbamates (subject to hydrolysis) is 1. The van der Waals surface area contributed by atoms with E-state index in [0.29, 0.717) is 31.1 Å². The SMILES string of the molecule is COC(=O)N[C@H](C(=O)N1[C@@H](C)CC[C@H]1c1nc2c(ccc3cc4c(cc32)OCc2cc(-c3cnc([C@@H]5CC[C@H](C)N5C(=O)[C@@H](NC(=O)O)C(C)C)[nH]3)ccc2-4)[nH]1)C1C[C@@H](C)O[C@H](C)C1. The minimum atomic E-state index is -1.22. The second-order valence-electron chi connectivity index (χ2n) is 18.6. The third-order valence-electron chi connectivity index (χ3n) is 13.9. The number of methoxy groups -OCH3 is 1. The number of amides is 4. The third-order valence-corrected chi connectivity index (χ3v) is 13.9. The highest BCUT2D eigenvalue weighted by molar-refractivity contribution is 6.07. The van der Waals surface area contributed by atoms with Gasteiger partial charge in [0, 0.05) is 23.0 Å². The molecule has 0 unspecified atom stereocenters. The van der Waals surface area contributed by atoms with Crippen LogP contribution < -0.4 is 15.4 Å². The van der Waals surface area contributed by atoms with Crippen molar-refractivity contribution >= 4 is 45.8 Å². The number of rotatable bonds is 9. The lowest BCUT2D eigenvalue weighted by Crippen LogP contribution is -2.55. The number of aromatic nitrogens is 4. The van der Waals surface area contributed by atoms with Crippen molar-refractivity contribution in [3.8, 4) is 28.1 Å². The van der Waals surface area contributed by atoms with E-state index in [0.717, 1.165) is 81.2 Å². The zero-order chi connectivity index (χ0) is 45.1. The number of nitrogens with one attached hydrogen (secondary N) is 4. The normalized spacial score (nSPS) is 25.2. The topological polar surface area (TPSA) is 204 Å². The summed E-state index contributed by atoms with van der Waals surface area (Å²) in [6.45, 7) is 12.1. The Balaban J connectivity index is 0.970. The largest absolute Gasteiger partial charge is 0.488 e. The van der Waals surface area contributed by atoms with E-state index < -0.39 is 24.3 Å². The van der Waals surface area contributed by atoms with Gasteiger partial charge in [0.05, 0.1) is 54.3 Å². The van der Waals surface area contributed by atoms with Crippen molar-refractivity contribution < 1.29 is 38.5 Å². The highest BCUT2D eigenvalue weighted by Gasteiger charge is 2.45. The van der Waals surface area contributed by atoms with E-state index in [1.165, 1.54) is 7.11 Å². The number of aromatic amines is 2. The molecule has 0 radical (unpaired) electrons. The van der Waals surface area contributed by atoms with Gasteiger partial charge in [-0.25, -0.2) is 19.6 Å². The van der Waals surface area contributed by atoms with Gasteiger partial charge in [0.15, 0.2) is 0 Å². The molecule has 4 aliphatic heterocycles. The number of ether oxygens (including phenoxy) is 3. The quantitative estimate of drug-likeness (QED) is 0.0966. The number of fused-ring (bicyclic) bond motifs is 6. The smallest absolute Gasteiger partial charge is 0.407 e. The average Bonchev–Trinajstić information content (AvgIpc) is 4.08. The van der Waals surface area contributed by atoms with Gasteiger partial charge in [-0.05, 0) is 124 Å². The summed E-state index contributed by atoms with van der Waals surface area (Å²) in [5.41, 5.74) is 6.49. The third kappa shape index (κ3) is 7.90. The van der Waals surface area contributed by atoms with Crippen LogP contribution in [-0.2, 0) is 25.7 Å². The molecule has 3 fully saturated rings. The number of H-pyrrole nitrogens is 2. The van der Waals surface area contributed by atoms with Crippen molar-refractivity contribution in [2.75, 3.05) is 7.11 Å². The lowest BCUT2D eigenvalue weighted by atomic mass is 9.85. The van der Waals surface area contributed by atoms with Crippen LogP contribution in [0.1, 0.15) is 109 Å². The van der Waals surface area contributed by atoms with Crippen molar-refractivity contribution in [3.63, 3.8) is 0 Å². The van der Waals surface area contributed by atoms with E-state index in [1.54, 1.807) is 11.1 Å². The fourth-order valence-electron chi connectivity index (χ4n) is 10.8. The monoisotopic (exact) mass is 874 g/mol. The number of likely N-dealkylation sites (tertiary alicyclic amines) is 2. The molecule has 2 aromatic heterocycles. The molecular weight excluding hydrogens is 817 g/mol. The predicted octanol–water partition coefficient (Wildman–Crippen LogP) is 7.99. The molecule has 0 aliphatic carbocycles. The molecule has 5 N–H and O–H groups in total. The van der Waals surface area contributed by atoms with Crippen LogP contribution in [0, 0.1) is 11.8 Å². The molecule has 64 heavy (non-hydrogen) atoms. The molecule has 4 aliphatic rings. The Labute approximate surface area is 371 Å². The molecule has 338 valence electrons. The first-order chi connectivity index (χ1) is 30.7. The maximum atomic E-state index is 14.6. The van der Waals surface area contributed by atoms with Crippen LogP contribution in [0.3, 0.4) is 0 Å². The van der Waals surface area contributed by atoms with E-state index in [2.05, 4.69) is 63.9 Å². The molecule has 6 heterocycles. The van der Waals surface area contributed by atoms with E-state index >= 15 is 0 Å². The van der Waals surface area contributed by atoms with Crippen molar-refractivity contribution in [1.82, 2.24) is 40.4 Å².